The predicted molar refractivity (Wildman–Crippen MR) is 75.2 cm³/mol. The minimum absolute atomic E-state index is 0.0448. The molecule has 0 radical (unpaired) electrons. The molecule has 3 aromatic rings. The number of nitrogens with one attached hydrogen (secondary N) is 1. The van der Waals surface area contributed by atoms with E-state index in [9.17, 15) is 5.11 Å². The van der Waals surface area contributed by atoms with Crippen molar-refractivity contribution in [3.05, 3.63) is 36.2 Å². The number of H-pyrrole nitrogens is 1. The van der Waals surface area contributed by atoms with E-state index < -0.39 is 0 Å². The van der Waals surface area contributed by atoms with Crippen LogP contribution in [0.25, 0.3) is 16.8 Å². The third kappa shape index (κ3) is 1.83. The van der Waals surface area contributed by atoms with Crippen LogP contribution in [0.3, 0.4) is 0 Å². The topological polar surface area (TPSA) is 45.0 Å². The molecule has 0 saturated heterocycles. The van der Waals surface area contributed by atoms with E-state index in [4.69, 9.17) is 0 Å². The fraction of sp³-hybridized carbons (Fsp3) is 0.400. The van der Waals surface area contributed by atoms with E-state index in [2.05, 4.69) is 53.1 Å². The first-order chi connectivity index (χ1) is 9.02. The molecule has 0 aliphatic carbocycles. The van der Waals surface area contributed by atoms with Gasteiger partial charge in [0, 0.05) is 5.41 Å². The van der Waals surface area contributed by atoms with Crippen LogP contribution in [0.2, 0.25) is 0 Å². The zero-order valence-electron chi connectivity index (χ0n) is 11.6. The number of aliphatic hydroxyl groups is 1. The Hall–Kier alpha value is -1.81. The normalized spacial score (nSPS) is 12.6. The highest BCUT2D eigenvalue weighted by atomic mass is 16.3. The summed E-state index contributed by atoms with van der Waals surface area (Å²) < 4.78 is 4.34. The lowest BCUT2D eigenvalue weighted by Crippen LogP contribution is -2.18. The van der Waals surface area contributed by atoms with Crippen molar-refractivity contribution in [2.24, 2.45) is 0 Å². The van der Waals surface area contributed by atoms with E-state index in [1.807, 2.05) is 12.1 Å². The van der Waals surface area contributed by atoms with Crippen LogP contribution in [-0.2, 0) is 12.0 Å². The maximum Gasteiger partial charge on any atom is 0.367 e. The van der Waals surface area contributed by atoms with Gasteiger partial charge in [-0.25, -0.2) is 9.55 Å². The highest BCUT2D eigenvalue weighted by Gasteiger charge is 2.28. The fourth-order valence-corrected chi connectivity index (χ4v) is 2.64. The molecule has 3 rings (SSSR count). The van der Waals surface area contributed by atoms with E-state index in [0.717, 1.165) is 11.3 Å². The summed E-state index contributed by atoms with van der Waals surface area (Å²) in [6, 6.07) is 8.25. The van der Waals surface area contributed by atoms with Crippen LogP contribution < -0.4 is 4.40 Å². The average Bonchev–Trinajstić information content (AvgIpc) is 2.86. The van der Waals surface area contributed by atoms with E-state index >= 15 is 0 Å². The molecule has 4 nitrogen and oxygen atoms in total. The van der Waals surface area contributed by atoms with Crippen molar-refractivity contribution in [2.45, 2.75) is 32.7 Å². The molecule has 2 N–H and O–H groups in total. The molecule has 0 unspecified atom stereocenters. The summed E-state index contributed by atoms with van der Waals surface area (Å²) in [5, 5.41) is 9.32. The predicted octanol–water partition coefficient (Wildman–Crippen LogP) is 2.00. The number of para-hydroxylation sites is 2. The Kier molecular flexibility index (Phi) is 2.64. The van der Waals surface area contributed by atoms with E-state index in [0.29, 0.717) is 6.54 Å². The van der Waals surface area contributed by atoms with Crippen LogP contribution >= 0.6 is 0 Å². The fourth-order valence-electron chi connectivity index (χ4n) is 2.64. The van der Waals surface area contributed by atoms with Crippen LogP contribution in [0.4, 0.5) is 0 Å². The van der Waals surface area contributed by atoms with Crippen molar-refractivity contribution >= 4 is 16.8 Å². The van der Waals surface area contributed by atoms with E-state index in [-0.39, 0.29) is 12.0 Å². The molecule has 0 atom stereocenters. The Morgan fingerprint density at radius 3 is 2.68 bits per heavy atom. The number of hydrogen-bond acceptors (Lipinski definition) is 1. The number of benzene rings is 1. The molecule has 0 spiro atoms. The Labute approximate surface area is 112 Å². The SMILES string of the molecule is CC(C)(C)c1c[n+]2c3ccccc3[nH]c2n1CCO. The molecule has 0 aliphatic rings. The monoisotopic (exact) mass is 258 g/mol. The van der Waals surface area contributed by atoms with Crippen molar-refractivity contribution in [1.29, 1.82) is 0 Å². The number of hydrogen-bond donors (Lipinski definition) is 2. The first-order valence-electron chi connectivity index (χ1n) is 6.65. The second-order valence-corrected chi connectivity index (χ2v) is 5.98. The van der Waals surface area contributed by atoms with Crippen LogP contribution in [-0.4, -0.2) is 21.3 Å². The first-order valence-corrected chi connectivity index (χ1v) is 6.65. The molecule has 2 heterocycles. The van der Waals surface area contributed by atoms with Gasteiger partial charge >= 0.3 is 5.78 Å². The molecule has 0 bridgehead atoms. The number of aromatic amines is 1. The van der Waals surface area contributed by atoms with Gasteiger partial charge in [0.1, 0.15) is 22.9 Å². The molecule has 100 valence electrons. The second-order valence-electron chi connectivity index (χ2n) is 5.98. The maximum atomic E-state index is 9.32. The largest absolute Gasteiger partial charge is 0.393 e. The summed E-state index contributed by atoms with van der Waals surface area (Å²) in [7, 11) is 0. The molecular weight excluding hydrogens is 238 g/mol. The molecule has 1 aromatic carbocycles. The highest BCUT2D eigenvalue weighted by Crippen LogP contribution is 2.24. The first kappa shape index (κ1) is 12.2. The van der Waals surface area contributed by atoms with Gasteiger partial charge in [-0.15, -0.1) is 0 Å². The molecular formula is C15H20N3O+. The summed E-state index contributed by atoms with van der Waals surface area (Å²) >= 11 is 0. The van der Waals surface area contributed by atoms with Crippen LogP contribution in [0, 0.1) is 0 Å². The standard InChI is InChI=1S/C15H19N3O/c1-15(2,3)13-10-18-12-7-5-4-6-11(12)16-14(18)17(13)8-9-19/h4-7,10,19H,8-9H2,1-3H3/p+1. The van der Waals surface area contributed by atoms with Crippen LogP contribution in [0.5, 0.6) is 0 Å². The molecule has 0 aliphatic heterocycles. The minimum Gasteiger partial charge on any atom is -0.393 e. The lowest BCUT2D eigenvalue weighted by atomic mass is 9.92. The zero-order chi connectivity index (χ0) is 13.6. The van der Waals surface area contributed by atoms with Gasteiger partial charge in [0.15, 0.2) is 0 Å². The Balaban J connectivity index is 2.36. The summed E-state index contributed by atoms with van der Waals surface area (Å²) in [6.07, 6.45) is 2.17. The Morgan fingerprint density at radius 2 is 2.00 bits per heavy atom. The molecule has 19 heavy (non-hydrogen) atoms. The molecule has 0 saturated carbocycles. The minimum atomic E-state index is 0.0448. The maximum absolute atomic E-state index is 9.32. The van der Waals surface area contributed by atoms with Gasteiger partial charge in [0.05, 0.1) is 13.2 Å². The van der Waals surface area contributed by atoms with Crippen LogP contribution in [0.1, 0.15) is 26.5 Å². The number of rotatable bonds is 2. The van der Waals surface area contributed by atoms with E-state index in [1.54, 1.807) is 0 Å². The van der Waals surface area contributed by atoms with Gasteiger partial charge < -0.3 is 5.11 Å². The molecule has 4 heteroatoms. The number of imidazole rings is 2. The third-order valence-corrected chi connectivity index (χ3v) is 3.53. The summed E-state index contributed by atoms with van der Waals surface area (Å²) in [5.41, 5.74) is 3.55. The molecule has 2 aromatic heterocycles. The van der Waals surface area contributed by atoms with Gasteiger partial charge in [0.25, 0.3) is 0 Å². The number of fused-ring (bicyclic) bond motifs is 3. The highest BCUT2D eigenvalue weighted by molar-refractivity contribution is 5.73. The number of nitrogens with zero attached hydrogens (tertiary/aromatic N) is 2. The number of aliphatic hydroxyl groups excluding tert-OH is 1. The smallest absolute Gasteiger partial charge is 0.367 e. The van der Waals surface area contributed by atoms with Gasteiger partial charge in [-0.3, -0.25) is 0 Å². The summed E-state index contributed by atoms with van der Waals surface area (Å²) in [4.78, 5) is 3.44. The summed E-state index contributed by atoms with van der Waals surface area (Å²) in [6.45, 7) is 7.33. The van der Waals surface area contributed by atoms with Crippen molar-refractivity contribution < 1.29 is 9.51 Å². The van der Waals surface area contributed by atoms with Crippen LogP contribution in [0.15, 0.2) is 30.5 Å². The van der Waals surface area contributed by atoms with E-state index in [1.165, 1.54) is 11.2 Å². The quantitative estimate of drug-likeness (QED) is 0.678. The lowest BCUT2D eigenvalue weighted by Gasteiger charge is -2.16. The molecule has 0 amide bonds. The lowest BCUT2D eigenvalue weighted by molar-refractivity contribution is -0.480. The number of aromatic nitrogens is 3. The van der Waals surface area contributed by atoms with Crippen molar-refractivity contribution in [3.63, 3.8) is 0 Å². The Bertz CT molecular complexity index is 731. The second kappa shape index (κ2) is 4.10. The van der Waals surface area contributed by atoms with Gasteiger partial charge in [-0.2, -0.15) is 4.40 Å². The van der Waals surface area contributed by atoms with Crippen molar-refractivity contribution in [3.8, 4) is 0 Å². The third-order valence-electron chi connectivity index (χ3n) is 3.53. The molecule has 0 fully saturated rings. The van der Waals surface area contributed by atoms with Gasteiger partial charge in [-0.1, -0.05) is 32.9 Å². The summed E-state index contributed by atoms with van der Waals surface area (Å²) in [5.74, 6) is 1.03. The average molecular weight is 258 g/mol. The zero-order valence-corrected chi connectivity index (χ0v) is 11.6. The Morgan fingerprint density at radius 1 is 1.26 bits per heavy atom. The van der Waals surface area contributed by atoms with Crippen molar-refractivity contribution in [2.75, 3.05) is 6.61 Å². The van der Waals surface area contributed by atoms with Crippen molar-refractivity contribution in [1.82, 2.24) is 9.55 Å². The van der Waals surface area contributed by atoms with Gasteiger partial charge in [0.2, 0.25) is 0 Å². The van der Waals surface area contributed by atoms with Gasteiger partial charge in [-0.05, 0) is 12.1 Å².